The van der Waals surface area contributed by atoms with E-state index in [1.54, 1.807) is 13.3 Å². The lowest BCUT2D eigenvalue weighted by Crippen LogP contribution is -2.26. The molecule has 1 amide bonds. The summed E-state index contributed by atoms with van der Waals surface area (Å²) in [4.78, 5) is 16.9. The molecule has 30 heavy (non-hydrogen) atoms. The number of carbonyl (C=O) groups is 1. The molecule has 0 bridgehead atoms. The number of pyridine rings is 1. The van der Waals surface area contributed by atoms with Crippen LogP contribution in [0.1, 0.15) is 27.2 Å². The van der Waals surface area contributed by atoms with Crippen LogP contribution in [0.5, 0.6) is 0 Å². The molecular weight excluding hydrogens is 376 g/mol. The minimum absolute atomic E-state index is 0.163. The number of hydrogen-bond donors (Lipinski definition) is 1. The molecule has 2 aromatic carbocycles. The quantitative estimate of drug-likeness (QED) is 0.491. The van der Waals surface area contributed by atoms with E-state index in [0.717, 1.165) is 34.0 Å². The van der Waals surface area contributed by atoms with Crippen molar-refractivity contribution in [3.63, 3.8) is 0 Å². The summed E-state index contributed by atoms with van der Waals surface area (Å²) in [5, 5.41) is 8.47. The van der Waals surface area contributed by atoms with Gasteiger partial charge in [0, 0.05) is 31.4 Å². The Morgan fingerprint density at radius 2 is 1.80 bits per heavy atom. The summed E-state index contributed by atoms with van der Waals surface area (Å²) >= 11 is 0. The first-order valence-corrected chi connectivity index (χ1v) is 9.94. The summed E-state index contributed by atoms with van der Waals surface area (Å²) < 4.78 is 7.05. The molecule has 0 unspecified atom stereocenters. The Morgan fingerprint density at radius 1 is 1.00 bits per heavy atom. The van der Waals surface area contributed by atoms with Crippen LogP contribution in [0.4, 0.5) is 0 Å². The molecule has 0 atom stereocenters. The molecule has 4 rings (SSSR count). The van der Waals surface area contributed by atoms with Crippen LogP contribution >= 0.6 is 0 Å². The van der Waals surface area contributed by atoms with Crippen molar-refractivity contribution >= 4 is 16.8 Å². The summed E-state index contributed by atoms with van der Waals surface area (Å²) in [5.41, 5.74) is 4.72. The molecule has 6 heteroatoms. The normalized spacial score (nSPS) is 11.0. The lowest BCUT2D eigenvalue weighted by atomic mass is 10.1. The number of methoxy groups -OCH3 is 1. The Morgan fingerprint density at radius 3 is 2.57 bits per heavy atom. The van der Waals surface area contributed by atoms with Crippen LogP contribution in [-0.4, -0.2) is 34.3 Å². The summed E-state index contributed by atoms with van der Waals surface area (Å²) in [6, 6.07) is 20.0. The van der Waals surface area contributed by atoms with Crippen molar-refractivity contribution in [2.75, 3.05) is 13.7 Å². The van der Waals surface area contributed by atoms with Crippen LogP contribution in [-0.2, 0) is 24.3 Å². The Bertz CT molecular complexity index is 1120. The lowest BCUT2D eigenvalue weighted by Gasteiger charge is -2.06. The van der Waals surface area contributed by atoms with Gasteiger partial charge in [-0.15, -0.1) is 0 Å². The maximum absolute atomic E-state index is 12.8. The molecule has 2 aromatic heterocycles. The van der Waals surface area contributed by atoms with Gasteiger partial charge in [-0.25, -0.2) is 0 Å². The second kappa shape index (κ2) is 9.33. The second-order valence-electron chi connectivity index (χ2n) is 7.14. The van der Waals surface area contributed by atoms with Gasteiger partial charge in [0.25, 0.3) is 5.91 Å². The first-order chi connectivity index (χ1) is 14.7. The third-order valence-corrected chi connectivity index (χ3v) is 4.96. The van der Waals surface area contributed by atoms with Crippen LogP contribution in [0.2, 0.25) is 0 Å². The summed E-state index contributed by atoms with van der Waals surface area (Å²) in [6.45, 7) is 1.72. The van der Waals surface area contributed by atoms with Crippen molar-refractivity contribution in [1.29, 1.82) is 0 Å². The van der Waals surface area contributed by atoms with Gasteiger partial charge in [0.05, 0.1) is 18.7 Å². The number of rotatable bonds is 8. The highest BCUT2D eigenvalue weighted by Gasteiger charge is 2.16. The van der Waals surface area contributed by atoms with Crippen LogP contribution in [0.3, 0.4) is 0 Å². The molecule has 152 valence electrons. The number of carbonyl (C=O) groups excluding carboxylic acids is 1. The standard InChI is InChI=1S/C24H24N4O2/c1-30-17-20-10-8-19(9-11-20)16-28-22-7-3-2-6-21(22)23(27-28)24(29)26-14-12-18-5-4-13-25-15-18/h2-11,13,15H,12,14,16-17H2,1H3,(H,26,29). The fraction of sp³-hybridized carbons (Fsp3) is 0.208. The zero-order valence-electron chi connectivity index (χ0n) is 16.9. The highest BCUT2D eigenvalue weighted by Crippen LogP contribution is 2.20. The fourth-order valence-corrected chi connectivity index (χ4v) is 3.45. The molecule has 6 nitrogen and oxygen atoms in total. The molecule has 2 heterocycles. The number of ether oxygens (including phenoxy) is 1. The van der Waals surface area contributed by atoms with Crippen LogP contribution in [0, 0.1) is 0 Å². The third kappa shape index (κ3) is 4.55. The molecule has 0 aliphatic heterocycles. The van der Waals surface area contributed by atoms with Gasteiger partial charge in [-0.05, 0) is 35.2 Å². The van der Waals surface area contributed by atoms with Gasteiger partial charge < -0.3 is 10.1 Å². The van der Waals surface area contributed by atoms with Crippen molar-refractivity contribution < 1.29 is 9.53 Å². The Balaban J connectivity index is 1.50. The lowest BCUT2D eigenvalue weighted by molar-refractivity contribution is 0.0950. The van der Waals surface area contributed by atoms with Gasteiger partial charge >= 0.3 is 0 Å². The number of nitrogens with one attached hydrogen (secondary N) is 1. The highest BCUT2D eigenvalue weighted by molar-refractivity contribution is 6.04. The molecule has 0 spiro atoms. The number of para-hydroxylation sites is 1. The maximum atomic E-state index is 12.8. The van der Waals surface area contributed by atoms with Gasteiger partial charge in [-0.2, -0.15) is 5.10 Å². The van der Waals surface area contributed by atoms with Crippen LogP contribution in [0.25, 0.3) is 10.9 Å². The smallest absolute Gasteiger partial charge is 0.272 e. The highest BCUT2D eigenvalue weighted by atomic mass is 16.5. The first-order valence-electron chi connectivity index (χ1n) is 9.94. The molecule has 0 aliphatic rings. The van der Waals surface area contributed by atoms with Gasteiger partial charge in [-0.3, -0.25) is 14.5 Å². The van der Waals surface area contributed by atoms with E-state index in [1.165, 1.54) is 0 Å². The fourth-order valence-electron chi connectivity index (χ4n) is 3.45. The number of benzene rings is 2. The number of fused-ring (bicyclic) bond motifs is 1. The van der Waals surface area contributed by atoms with E-state index in [4.69, 9.17) is 4.74 Å². The zero-order chi connectivity index (χ0) is 20.8. The molecular formula is C24H24N4O2. The number of hydrogen-bond acceptors (Lipinski definition) is 4. The van der Waals surface area contributed by atoms with Crippen molar-refractivity contribution in [1.82, 2.24) is 20.1 Å². The Labute approximate surface area is 175 Å². The minimum Gasteiger partial charge on any atom is -0.380 e. The number of nitrogens with zero attached hydrogens (tertiary/aromatic N) is 3. The Kier molecular flexibility index (Phi) is 6.15. The van der Waals surface area contributed by atoms with E-state index in [0.29, 0.717) is 25.4 Å². The molecule has 1 N–H and O–H groups in total. The first kappa shape index (κ1) is 19.8. The molecule has 4 aromatic rings. The largest absolute Gasteiger partial charge is 0.380 e. The summed E-state index contributed by atoms with van der Waals surface area (Å²) in [7, 11) is 1.69. The van der Waals surface area contributed by atoms with E-state index in [9.17, 15) is 4.79 Å². The summed E-state index contributed by atoms with van der Waals surface area (Å²) in [5.74, 6) is -0.163. The predicted octanol–water partition coefficient (Wildman–Crippen LogP) is 3.60. The van der Waals surface area contributed by atoms with E-state index >= 15 is 0 Å². The van der Waals surface area contributed by atoms with E-state index < -0.39 is 0 Å². The molecule has 0 fully saturated rings. The maximum Gasteiger partial charge on any atom is 0.272 e. The van der Waals surface area contributed by atoms with Crippen molar-refractivity contribution in [3.8, 4) is 0 Å². The monoisotopic (exact) mass is 400 g/mol. The number of amides is 1. The van der Waals surface area contributed by atoms with Gasteiger partial charge in [0.1, 0.15) is 0 Å². The third-order valence-electron chi connectivity index (χ3n) is 4.96. The van der Waals surface area contributed by atoms with Crippen molar-refractivity contribution in [2.24, 2.45) is 0 Å². The SMILES string of the molecule is COCc1ccc(Cn2nc(C(=O)NCCc3cccnc3)c3ccccc32)cc1. The van der Waals surface area contributed by atoms with Crippen LogP contribution in [0.15, 0.2) is 73.1 Å². The van der Waals surface area contributed by atoms with Gasteiger partial charge in [-0.1, -0.05) is 48.5 Å². The molecule has 0 saturated heterocycles. The van der Waals surface area contributed by atoms with Gasteiger partial charge in [0.2, 0.25) is 0 Å². The minimum atomic E-state index is -0.163. The molecule has 0 radical (unpaired) electrons. The topological polar surface area (TPSA) is 69.0 Å². The van der Waals surface area contributed by atoms with Gasteiger partial charge in [0.15, 0.2) is 5.69 Å². The average molecular weight is 400 g/mol. The van der Waals surface area contributed by atoms with E-state index in [2.05, 4.69) is 39.7 Å². The number of aromatic nitrogens is 3. The predicted molar refractivity (Wildman–Crippen MR) is 116 cm³/mol. The average Bonchev–Trinajstić information content (AvgIpc) is 3.15. The second-order valence-corrected chi connectivity index (χ2v) is 7.14. The summed E-state index contributed by atoms with van der Waals surface area (Å²) in [6.07, 6.45) is 4.28. The molecule has 0 saturated carbocycles. The zero-order valence-corrected chi connectivity index (χ0v) is 16.9. The van der Waals surface area contributed by atoms with Crippen LogP contribution < -0.4 is 5.32 Å². The molecule has 0 aliphatic carbocycles. The van der Waals surface area contributed by atoms with Crippen molar-refractivity contribution in [3.05, 3.63) is 95.4 Å². The van der Waals surface area contributed by atoms with E-state index in [1.807, 2.05) is 47.3 Å². The van der Waals surface area contributed by atoms with E-state index in [-0.39, 0.29) is 5.91 Å². The van der Waals surface area contributed by atoms with Crippen molar-refractivity contribution in [2.45, 2.75) is 19.6 Å². The Hall–Kier alpha value is -3.51.